The summed E-state index contributed by atoms with van der Waals surface area (Å²) < 4.78 is 16.1. The molecule has 2 heterocycles. The lowest BCUT2D eigenvalue weighted by molar-refractivity contribution is 0.611. The highest BCUT2D eigenvalue weighted by atomic mass is 19.1. The first-order valence-electron chi connectivity index (χ1n) is 8.42. The summed E-state index contributed by atoms with van der Waals surface area (Å²) in [5, 5.41) is 8.23. The summed E-state index contributed by atoms with van der Waals surface area (Å²) in [5.74, 6) is 0.664. The maximum absolute atomic E-state index is 14.3. The van der Waals surface area contributed by atoms with Crippen molar-refractivity contribution in [1.82, 2.24) is 9.78 Å². The Morgan fingerprint density at radius 1 is 1.04 bits per heavy atom. The summed E-state index contributed by atoms with van der Waals surface area (Å²) in [4.78, 5) is 0. The number of fused-ring (bicyclic) bond motifs is 1. The number of benzene rings is 2. The second-order valence-corrected chi connectivity index (χ2v) is 6.29. The predicted octanol–water partition coefficient (Wildman–Crippen LogP) is 4.74. The summed E-state index contributed by atoms with van der Waals surface area (Å²) in [6, 6.07) is 15.2. The first-order valence-corrected chi connectivity index (χ1v) is 8.42. The predicted molar refractivity (Wildman–Crippen MR) is 95.1 cm³/mol. The molecule has 0 spiro atoms. The molecule has 0 aliphatic carbocycles. The van der Waals surface area contributed by atoms with Crippen molar-refractivity contribution in [2.45, 2.75) is 26.2 Å². The van der Waals surface area contributed by atoms with Crippen LogP contribution in [0.4, 0.5) is 10.2 Å². The van der Waals surface area contributed by atoms with Gasteiger partial charge in [0.25, 0.3) is 0 Å². The topological polar surface area (TPSA) is 29.9 Å². The zero-order chi connectivity index (χ0) is 16.5. The molecular weight excluding hydrogens is 301 g/mol. The normalized spacial score (nSPS) is 13.9. The van der Waals surface area contributed by atoms with Crippen LogP contribution in [0.25, 0.3) is 16.9 Å². The van der Waals surface area contributed by atoms with Crippen LogP contribution in [0.15, 0.2) is 48.5 Å². The number of halogens is 1. The van der Waals surface area contributed by atoms with E-state index >= 15 is 0 Å². The van der Waals surface area contributed by atoms with E-state index in [9.17, 15) is 4.39 Å². The largest absolute Gasteiger partial charge is 0.370 e. The lowest BCUT2D eigenvalue weighted by Crippen LogP contribution is -2.08. The lowest BCUT2D eigenvalue weighted by atomic mass is 10.0. The third-order valence-electron chi connectivity index (χ3n) is 4.54. The van der Waals surface area contributed by atoms with Crippen LogP contribution in [0.2, 0.25) is 0 Å². The van der Waals surface area contributed by atoms with Crippen LogP contribution in [0.3, 0.4) is 0 Å². The van der Waals surface area contributed by atoms with Gasteiger partial charge in [0.05, 0.1) is 5.69 Å². The Morgan fingerprint density at radius 2 is 1.83 bits per heavy atom. The van der Waals surface area contributed by atoms with E-state index in [1.165, 1.54) is 17.2 Å². The van der Waals surface area contributed by atoms with Gasteiger partial charge in [-0.05, 0) is 38.3 Å². The van der Waals surface area contributed by atoms with Crippen LogP contribution in [-0.4, -0.2) is 16.3 Å². The van der Waals surface area contributed by atoms with Crippen LogP contribution in [-0.2, 0) is 6.42 Å². The summed E-state index contributed by atoms with van der Waals surface area (Å²) in [5.41, 5.74) is 4.91. The highest BCUT2D eigenvalue weighted by Gasteiger charge is 2.22. The van der Waals surface area contributed by atoms with Crippen molar-refractivity contribution in [2.24, 2.45) is 0 Å². The fraction of sp³-hybridized carbons (Fsp3) is 0.250. The molecule has 1 aliphatic rings. The van der Waals surface area contributed by atoms with E-state index in [0.717, 1.165) is 42.9 Å². The molecule has 0 saturated heterocycles. The summed E-state index contributed by atoms with van der Waals surface area (Å²) in [7, 11) is 0. The zero-order valence-electron chi connectivity index (χ0n) is 13.7. The Morgan fingerprint density at radius 3 is 2.62 bits per heavy atom. The Labute approximate surface area is 141 Å². The Kier molecular flexibility index (Phi) is 3.81. The van der Waals surface area contributed by atoms with E-state index in [1.54, 1.807) is 16.8 Å². The SMILES string of the molecule is Cc1ccc(-c2nn(-c3ccccc3F)c3c2CCCCN3)cc1. The average Bonchev–Trinajstić information content (AvgIpc) is 2.78. The van der Waals surface area contributed by atoms with Gasteiger partial charge in [-0.1, -0.05) is 42.0 Å². The summed E-state index contributed by atoms with van der Waals surface area (Å²) in [6.45, 7) is 2.96. The molecule has 1 N–H and O–H groups in total. The monoisotopic (exact) mass is 321 g/mol. The number of nitrogens with zero attached hydrogens (tertiary/aromatic N) is 2. The van der Waals surface area contributed by atoms with Gasteiger partial charge in [-0.2, -0.15) is 5.10 Å². The van der Waals surface area contributed by atoms with Gasteiger partial charge in [-0.25, -0.2) is 9.07 Å². The molecule has 3 aromatic rings. The van der Waals surface area contributed by atoms with E-state index in [1.807, 2.05) is 6.07 Å². The summed E-state index contributed by atoms with van der Waals surface area (Å²) >= 11 is 0. The number of para-hydroxylation sites is 1. The van der Waals surface area contributed by atoms with E-state index in [4.69, 9.17) is 5.10 Å². The standard InChI is InChI=1S/C20H20FN3/c1-14-9-11-15(12-10-14)19-16-6-4-5-13-22-20(16)24(23-19)18-8-3-2-7-17(18)21/h2-3,7-12,22H,4-6,13H2,1H3. The molecular formula is C20H20FN3. The van der Waals surface area contributed by atoms with E-state index in [-0.39, 0.29) is 5.82 Å². The van der Waals surface area contributed by atoms with E-state index in [0.29, 0.717) is 5.69 Å². The molecule has 122 valence electrons. The number of nitrogens with one attached hydrogen (secondary N) is 1. The van der Waals surface area contributed by atoms with Gasteiger partial charge in [-0.15, -0.1) is 0 Å². The Bertz CT molecular complexity index is 865. The van der Waals surface area contributed by atoms with Crippen molar-refractivity contribution in [1.29, 1.82) is 0 Å². The first kappa shape index (κ1) is 14.9. The van der Waals surface area contributed by atoms with Crippen molar-refractivity contribution >= 4 is 5.82 Å². The van der Waals surface area contributed by atoms with E-state index < -0.39 is 0 Å². The molecule has 0 fully saturated rings. The van der Waals surface area contributed by atoms with E-state index in [2.05, 4.69) is 36.5 Å². The highest BCUT2D eigenvalue weighted by molar-refractivity contribution is 5.71. The number of hydrogen-bond acceptors (Lipinski definition) is 2. The number of aryl methyl sites for hydroxylation is 1. The van der Waals surface area contributed by atoms with Crippen LogP contribution >= 0.6 is 0 Å². The van der Waals surface area contributed by atoms with Gasteiger partial charge in [0.15, 0.2) is 0 Å². The first-order chi connectivity index (χ1) is 11.7. The lowest BCUT2D eigenvalue weighted by Gasteiger charge is -2.09. The third-order valence-corrected chi connectivity index (χ3v) is 4.54. The average molecular weight is 321 g/mol. The van der Waals surface area contributed by atoms with Crippen LogP contribution in [0, 0.1) is 12.7 Å². The van der Waals surface area contributed by atoms with Crippen molar-refractivity contribution in [3.05, 3.63) is 65.5 Å². The third kappa shape index (κ3) is 2.58. The summed E-state index contributed by atoms with van der Waals surface area (Å²) in [6.07, 6.45) is 3.18. The molecule has 1 aliphatic heterocycles. The number of anilines is 1. The van der Waals surface area contributed by atoms with Gasteiger partial charge in [0.2, 0.25) is 0 Å². The van der Waals surface area contributed by atoms with Crippen LogP contribution in [0.5, 0.6) is 0 Å². The minimum absolute atomic E-state index is 0.260. The maximum atomic E-state index is 14.3. The molecule has 0 unspecified atom stereocenters. The van der Waals surface area contributed by atoms with Crippen molar-refractivity contribution in [3.63, 3.8) is 0 Å². The Hall–Kier alpha value is -2.62. The number of rotatable bonds is 2. The maximum Gasteiger partial charge on any atom is 0.148 e. The molecule has 4 rings (SSSR count). The highest BCUT2D eigenvalue weighted by Crippen LogP contribution is 2.34. The molecule has 1 aromatic heterocycles. The molecule has 0 radical (unpaired) electrons. The number of hydrogen-bond donors (Lipinski definition) is 1. The van der Waals surface area contributed by atoms with Crippen molar-refractivity contribution < 1.29 is 4.39 Å². The minimum atomic E-state index is -0.260. The number of aromatic nitrogens is 2. The van der Waals surface area contributed by atoms with Gasteiger partial charge in [0, 0.05) is 17.7 Å². The fourth-order valence-corrected chi connectivity index (χ4v) is 3.24. The van der Waals surface area contributed by atoms with Gasteiger partial charge in [0.1, 0.15) is 17.3 Å². The minimum Gasteiger partial charge on any atom is -0.370 e. The fourth-order valence-electron chi connectivity index (χ4n) is 3.24. The molecule has 0 amide bonds. The van der Waals surface area contributed by atoms with Gasteiger partial charge < -0.3 is 5.32 Å². The molecule has 3 nitrogen and oxygen atoms in total. The molecule has 0 atom stereocenters. The van der Waals surface area contributed by atoms with Gasteiger partial charge >= 0.3 is 0 Å². The molecule has 2 aromatic carbocycles. The smallest absolute Gasteiger partial charge is 0.148 e. The quantitative estimate of drug-likeness (QED) is 0.739. The molecule has 24 heavy (non-hydrogen) atoms. The molecule has 0 bridgehead atoms. The van der Waals surface area contributed by atoms with Crippen LogP contribution in [0.1, 0.15) is 24.0 Å². The van der Waals surface area contributed by atoms with Gasteiger partial charge in [-0.3, -0.25) is 0 Å². The zero-order valence-corrected chi connectivity index (χ0v) is 13.7. The van der Waals surface area contributed by atoms with Crippen molar-refractivity contribution in [2.75, 3.05) is 11.9 Å². The van der Waals surface area contributed by atoms with Crippen molar-refractivity contribution in [3.8, 4) is 16.9 Å². The van der Waals surface area contributed by atoms with Crippen LogP contribution < -0.4 is 5.32 Å². The second kappa shape index (κ2) is 6.11. The molecule has 0 saturated carbocycles. The molecule has 4 heteroatoms. The second-order valence-electron chi connectivity index (χ2n) is 6.29. The Balaban J connectivity index is 1.92.